The average Bonchev–Trinajstić information content (AvgIpc) is 3.39. The number of anilines is 1. The van der Waals surface area contributed by atoms with Crippen LogP contribution >= 0.6 is 0 Å². The molecule has 7 heteroatoms. The number of aromatic nitrogens is 2. The molecule has 2 saturated heterocycles. The van der Waals surface area contributed by atoms with E-state index in [2.05, 4.69) is 56.6 Å². The van der Waals surface area contributed by atoms with Gasteiger partial charge in [-0.25, -0.2) is 0 Å². The molecule has 2 aliphatic heterocycles. The van der Waals surface area contributed by atoms with E-state index < -0.39 is 0 Å². The first-order valence-corrected chi connectivity index (χ1v) is 12.6. The molecule has 0 unspecified atom stereocenters. The first-order valence-electron chi connectivity index (χ1n) is 12.6. The number of hydrogen-bond donors (Lipinski definition) is 2. The first kappa shape index (κ1) is 22.6. The Morgan fingerprint density at radius 3 is 2.53 bits per heavy atom. The van der Waals surface area contributed by atoms with E-state index in [1.807, 2.05) is 30.5 Å². The molecule has 0 aliphatic carbocycles. The van der Waals surface area contributed by atoms with Crippen LogP contribution in [0, 0.1) is 11.3 Å². The van der Waals surface area contributed by atoms with Crippen molar-refractivity contribution < 1.29 is 9.47 Å². The van der Waals surface area contributed by atoms with E-state index in [1.165, 1.54) is 5.69 Å². The highest BCUT2D eigenvalue weighted by Gasteiger charge is 2.18. The number of nitrogens with one attached hydrogen (secondary N) is 2. The zero-order valence-electron chi connectivity index (χ0n) is 20.2. The van der Waals surface area contributed by atoms with Gasteiger partial charge in [0.25, 0.3) is 0 Å². The van der Waals surface area contributed by atoms with Crippen molar-refractivity contribution in [2.24, 2.45) is 0 Å². The summed E-state index contributed by atoms with van der Waals surface area (Å²) in [5.74, 6) is 0.625. The van der Waals surface area contributed by atoms with Gasteiger partial charge in [-0.1, -0.05) is 12.1 Å². The SMILES string of the molecule is N#Cc1cc(-c2nccc3[nH]c(-c4ccc(N5CCNCC5)cc4)cc23)ccc1OC1CCOCC1. The van der Waals surface area contributed by atoms with Crippen LogP contribution in [0.15, 0.2) is 60.8 Å². The van der Waals surface area contributed by atoms with Gasteiger partial charge in [0.05, 0.1) is 24.5 Å². The number of ether oxygens (including phenoxy) is 2. The highest BCUT2D eigenvalue weighted by atomic mass is 16.5. The molecule has 0 saturated carbocycles. The highest BCUT2D eigenvalue weighted by Crippen LogP contribution is 2.34. The van der Waals surface area contributed by atoms with E-state index in [0.717, 1.165) is 72.4 Å². The Labute approximate surface area is 210 Å². The molecule has 2 fully saturated rings. The van der Waals surface area contributed by atoms with Crippen LogP contribution in [0.4, 0.5) is 5.69 Å². The number of rotatable bonds is 5. The molecule has 2 aliphatic rings. The molecule has 2 aromatic heterocycles. The summed E-state index contributed by atoms with van der Waals surface area (Å²) < 4.78 is 11.6. The number of aromatic amines is 1. The molecule has 36 heavy (non-hydrogen) atoms. The Kier molecular flexibility index (Phi) is 6.29. The number of benzene rings is 2. The quantitative estimate of drug-likeness (QED) is 0.430. The second kappa shape index (κ2) is 10.0. The van der Waals surface area contributed by atoms with E-state index in [0.29, 0.717) is 24.5 Å². The number of nitriles is 1. The molecular weight excluding hydrogens is 450 g/mol. The summed E-state index contributed by atoms with van der Waals surface area (Å²) in [4.78, 5) is 10.6. The van der Waals surface area contributed by atoms with Crippen LogP contribution in [0.2, 0.25) is 0 Å². The third-order valence-electron chi connectivity index (χ3n) is 7.04. The molecule has 0 atom stereocenters. The van der Waals surface area contributed by atoms with Gasteiger partial charge in [0.2, 0.25) is 0 Å². The van der Waals surface area contributed by atoms with Gasteiger partial charge in [-0.15, -0.1) is 0 Å². The van der Waals surface area contributed by atoms with Crippen molar-refractivity contribution in [3.63, 3.8) is 0 Å². The second-order valence-corrected chi connectivity index (χ2v) is 9.34. The fourth-order valence-electron chi connectivity index (χ4n) is 5.06. The molecule has 0 bridgehead atoms. The maximum Gasteiger partial charge on any atom is 0.137 e. The molecule has 4 aromatic rings. The van der Waals surface area contributed by atoms with Gasteiger partial charge in [-0.2, -0.15) is 5.26 Å². The van der Waals surface area contributed by atoms with Crippen molar-refractivity contribution in [3.8, 4) is 34.3 Å². The standard InChI is InChI=1S/C29H29N5O2/c30-19-22-17-21(3-6-28(22)36-24-8-15-35-16-9-24)29-25-18-27(33-26(25)7-10-32-29)20-1-4-23(5-2-20)34-13-11-31-12-14-34/h1-7,10,17-18,24,31,33H,8-9,11-16H2. The van der Waals surface area contributed by atoms with Crippen molar-refractivity contribution in [1.29, 1.82) is 5.26 Å². The maximum absolute atomic E-state index is 9.81. The van der Waals surface area contributed by atoms with Crippen molar-refractivity contribution in [1.82, 2.24) is 15.3 Å². The van der Waals surface area contributed by atoms with Crippen LogP contribution in [-0.2, 0) is 4.74 Å². The minimum Gasteiger partial charge on any atom is -0.489 e. The molecule has 2 aromatic carbocycles. The number of H-pyrrole nitrogens is 1. The Bertz CT molecular complexity index is 1390. The van der Waals surface area contributed by atoms with Gasteiger partial charge in [0, 0.05) is 73.1 Å². The van der Waals surface area contributed by atoms with Crippen LogP contribution in [0.3, 0.4) is 0 Å². The largest absolute Gasteiger partial charge is 0.489 e. The van der Waals surface area contributed by atoms with Crippen molar-refractivity contribution in [2.45, 2.75) is 18.9 Å². The Hall–Kier alpha value is -3.86. The average molecular weight is 480 g/mol. The van der Waals surface area contributed by atoms with Crippen LogP contribution in [0.1, 0.15) is 18.4 Å². The predicted octanol–water partition coefficient (Wildman–Crippen LogP) is 4.74. The van der Waals surface area contributed by atoms with E-state index in [4.69, 9.17) is 9.47 Å². The smallest absolute Gasteiger partial charge is 0.137 e. The van der Waals surface area contributed by atoms with Crippen molar-refractivity contribution in [3.05, 3.63) is 66.4 Å². The Morgan fingerprint density at radius 1 is 0.972 bits per heavy atom. The lowest BCUT2D eigenvalue weighted by molar-refractivity contribution is 0.0254. The van der Waals surface area contributed by atoms with E-state index in [9.17, 15) is 5.26 Å². The third kappa shape index (κ3) is 4.53. The number of nitrogens with zero attached hydrogens (tertiary/aromatic N) is 3. The first-order chi connectivity index (χ1) is 17.8. The fourth-order valence-corrected chi connectivity index (χ4v) is 5.06. The molecule has 182 valence electrons. The zero-order chi connectivity index (χ0) is 24.3. The molecule has 0 spiro atoms. The van der Waals surface area contributed by atoms with Crippen LogP contribution in [-0.4, -0.2) is 55.5 Å². The van der Waals surface area contributed by atoms with E-state index in [-0.39, 0.29) is 6.10 Å². The van der Waals surface area contributed by atoms with Crippen LogP contribution in [0.25, 0.3) is 33.4 Å². The Balaban J connectivity index is 1.29. The second-order valence-electron chi connectivity index (χ2n) is 9.34. The zero-order valence-corrected chi connectivity index (χ0v) is 20.2. The van der Waals surface area contributed by atoms with Crippen molar-refractivity contribution >= 4 is 16.6 Å². The summed E-state index contributed by atoms with van der Waals surface area (Å²) in [6, 6.07) is 21.0. The van der Waals surface area contributed by atoms with Gasteiger partial charge >= 0.3 is 0 Å². The molecule has 4 heterocycles. The molecule has 2 N–H and O–H groups in total. The summed E-state index contributed by atoms with van der Waals surface area (Å²) in [5, 5.41) is 14.2. The number of piperazine rings is 1. The Morgan fingerprint density at radius 2 is 1.75 bits per heavy atom. The van der Waals surface area contributed by atoms with Gasteiger partial charge in [-0.05, 0) is 48.0 Å². The predicted molar refractivity (Wildman–Crippen MR) is 141 cm³/mol. The summed E-state index contributed by atoms with van der Waals surface area (Å²) in [6.07, 6.45) is 3.58. The summed E-state index contributed by atoms with van der Waals surface area (Å²) in [7, 11) is 0. The lowest BCUT2D eigenvalue weighted by atomic mass is 10.0. The molecule has 0 amide bonds. The number of pyridine rings is 1. The van der Waals surface area contributed by atoms with Crippen molar-refractivity contribution in [2.75, 3.05) is 44.3 Å². The minimum absolute atomic E-state index is 0.0865. The van der Waals surface area contributed by atoms with E-state index >= 15 is 0 Å². The third-order valence-corrected chi connectivity index (χ3v) is 7.04. The van der Waals surface area contributed by atoms with Crippen LogP contribution < -0.4 is 15.0 Å². The lowest BCUT2D eigenvalue weighted by Crippen LogP contribution is -2.43. The van der Waals surface area contributed by atoms with Gasteiger partial charge in [0.15, 0.2) is 0 Å². The topological polar surface area (TPSA) is 86.2 Å². The van der Waals surface area contributed by atoms with Gasteiger partial charge in [0.1, 0.15) is 17.9 Å². The summed E-state index contributed by atoms with van der Waals surface area (Å²) >= 11 is 0. The normalized spacial score (nSPS) is 16.7. The summed E-state index contributed by atoms with van der Waals surface area (Å²) in [6.45, 7) is 5.51. The molecular formula is C29H29N5O2. The summed E-state index contributed by atoms with van der Waals surface area (Å²) in [5.41, 5.74) is 6.72. The monoisotopic (exact) mass is 479 g/mol. The van der Waals surface area contributed by atoms with E-state index in [1.54, 1.807) is 0 Å². The number of fused-ring (bicyclic) bond motifs is 1. The molecule has 6 rings (SSSR count). The minimum atomic E-state index is 0.0865. The lowest BCUT2D eigenvalue weighted by Gasteiger charge is -2.29. The molecule has 0 radical (unpaired) electrons. The maximum atomic E-state index is 9.81. The fraction of sp³-hybridized carbons (Fsp3) is 0.310. The number of hydrogen-bond acceptors (Lipinski definition) is 6. The van der Waals surface area contributed by atoms with Gasteiger partial charge < -0.3 is 24.7 Å². The van der Waals surface area contributed by atoms with Crippen LogP contribution in [0.5, 0.6) is 5.75 Å². The highest BCUT2D eigenvalue weighted by molar-refractivity contribution is 5.96. The molecule has 7 nitrogen and oxygen atoms in total. The van der Waals surface area contributed by atoms with Gasteiger partial charge in [-0.3, -0.25) is 4.98 Å².